The Morgan fingerprint density at radius 3 is 2.64 bits per heavy atom. The number of hydrogen-bond acceptors (Lipinski definition) is 3. The molecule has 4 nitrogen and oxygen atoms in total. The smallest absolute Gasteiger partial charge is 0.258 e. The molecule has 0 aliphatic carbocycles. The SMILES string of the molecule is Cc1ccc(OCCNC(=O)COc2ccccc2C(C)C)cc1Cl. The van der Waals surface area contributed by atoms with Crippen molar-refractivity contribution in [3.8, 4) is 11.5 Å². The fraction of sp³-hybridized carbons (Fsp3) is 0.350. The fourth-order valence-corrected chi connectivity index (χ4v) is 2.48. The third kappa shape index (κ3) is 5.98. The maximum atomic E-state index is 11.9. The zero-order valence-electron chi connectivity index (χ0n) is 14.8. The van der Waals surface area contributed by atoms with E-state index >= 15 is 0 Å². The molecule has 2 aromatic rings. The molecule has 0 bridgehead atoms. The highest BCUT2D eigenvalue weighted by molar-refractivity contribution is 6.31. The second-order valence-corrected chi connectivity index (χ2v) is 6.50. The molecular formula is C20H24ClNO3. The molecule has 0 atom stereocenters. The van der Waals surface area contributed by atoms with E-state index in [0.29, 0.717) is 29.8 Å². The van der Waals surface area contributed by atoms with Crippen LogP contribution in [0, 0.1) is 6.92 Å². The first kappa shape index (κ1) is 19.1. The van der Waals surface area contributed by atoms with Gasteiger partial charge in [0, 0.05) is 5.02 Å². The highest BCUT2D eigenvalue weighted by atomic mass is 35.5. The van der Waals surface area contributed by atoms with Crippen LogP contribution in [0.1, 0.15) is 30.9 Å². The summed E-state index contributed by atoms with van der Waals surface area (Å²) < 4.78 is 11.2. The third-order valence-corrected chi connectivity index (χ3v) is 4.14. The van der Waals surface area contributed by atoms with Gasteiger partial charge in [0.05, 0.1) is 6.54 Å². The topological polar surface area (TPSA) is 47.6 Å². The number of ether oxygens (including phenoxy) is 2. The Morgan fingerprint density at radius 2 is 1.92 bits per heavy atom. The van der Waals surface area contributed by atoms with Crippen molar-refractivity contribution in [2.24, 2.45) is 0 Å². The van der Waals surface area contributed by atoms with Crippen LogP contribution in [0.4, 0.5) is 0 Å². The van der Waals surface area contributed by atoms with Gasteiger partial charge in [-0.2, -0.15) is 0 Å². The highest BCUT2D eigenvalue weighted by Gasteiger charge is 2.09. The molecule has 2 rings (SSSR count). The maximum absolute atomic E-state index is 11.9. The molecule has 1 amide bonds. The van der Waals surface area contributed by atoms with Crippen molar-refractivity contribution in [3.63, 3.8) is 0 Å². The quantitative estimate of drug-likeness (QED) is 0.711. The maximum Gasteiger partial charge on any atom is 0.258 e. The van der Waals surface area contributed by atoms with Gasteiger partial charge in [-0.1, -0.05) is 49.7 Å². The van der Waals surface area contributed by atoms with Crippen LogP contribution in [0.3, 0.4) is 0 Å². The van der Waals surface area contributed by atoms with E-state index in [1.54, 1.807) is 6.07 Å². The van der Waals surface area contributed by atoms with Gasteiger partial charge in [-0.05, 0) is 42.2 Å². The van der Waals surface area contributed by atoms with Gasteiger partial charge in [-0.3, -0.25) is 4.79 Å². The molecule has 0 saturated carbocycles. The van der Waals surface area contributed by atoms with Crippen LogP contribution in [0.15, 0.2) is 42.5 Å². The van der Waals surface area contributed by atoms with Gasteiger partial charge in [0.15, 0.2) is 6.61 Å². The van der Waals surface area contributed by atoms with Gasteiger partial charge in [0.1, 0.15) is 18.1 Å². The molecule has 1 N–H and O–H groups in total. The van der Waals surface area contributed by atoms with Crippen LogP contribution in [-0.4, -0.2) is 25.7 Å². The van der Waals surface area contributed by atoms with Crippen molar-refractivity contribution in [1.82, 2.24) is 5.32 Å². The van der Waals surface area contributed by atoms with Crippen LogP contribution in [0.25, 0.3) is 0 Å². The molecule has 0 aromatic heterocycles. The Labute approximate surface area is 154 Å². The highest BCUT2D eigenvalue weighted by Crippen LogP contribution is 2.25. The molecule has 0 spiro atoms. The van der Waals surface area contributed by atoms with E-state index < -0.39 is 0 Å². The number of halogens is 1. The molecular weight excluding hydrogens is 338 g/mol. The van der Waals surface area contributed by atoms with E-state index in [1.165, 1.54) is 0 Å². The van der Waals surface area contributed by atoms with Crippen molar-refractivity contribution in [3.05, 3.63) is 58.6 Å². The average molecular weight is 362 g/mol. The molecule has 5 heteroatoms. The predicted molar refractivity (Wildman–Crippen MR) is 101 cm³/mol. The summed E-state index contributed by atoms with van der Waals surface area (Å²) in [5.74, 6) is 1.60. The zero-order valence-corrected chi connectivity index (χ0v) is 15.6. The van der Waals surface area contributed by atoms with Gasteiger partial charge in [0.25, 0.3) is 5.91 Å². The molecule has 0 fully saturated rings. The third-order valence-electron chi connectivity index (χ3n) is 3.74. The first-order valence-electron chi connectivity index (χ1n) is 8.34. The van der Waals surface area contributed by atoms with Gasteiger partial charge >= 0.3 is 0 Å². The number of amides is 1. The summed E-state index contributed by atoms with van der Waals surface area (Å²) in [5, 5.41) is 3.44. The summed E-state index contributed by atoms with van der Waals surface area (Å²) in [7, 11) is 0. The standard InChI is InChI=1S/C20H24ClNO3/c1-14(2)17-6-4-5-7-19(17)25-13-20(23)22-10-11-24-16-9-8-15(3)18(21)12-16/h4-9,12,14H,10-11,13H2,1-3H3,(H,22,23). The summed E-state index contributed by atoms with van der Waals surface area (Å²) in [6.07, 6.45) is 0. The number of rotatable bonds is 8. The van der Waals surface area contributed by atoms with Crippen LogP contribution in [0.2, 0.25) is 5.02 Å². The van der Waals surface area contributed by atoms with E-state index in [-0.39, 0.29) is 12.5 Å². The Bertz CT molecular complexity index is 716. The minimum Gasteiger partial charge on any atom is -0.492 e. The van der Waals surface area contributed by atoms with Gasteiger partial charge in [0.2, 0.25) is 0 Å². The number of carbonyl (C=O) groups is 1. The van der Waals surface area contributed by atoms with Crippen molar-refractivity contribution in [2.75, 3.05) is 19.8 Å². The lowest BCUT2D eigenvalue weighted by atomic mass is 10.0. The van der Waals surface area contributed by atoms with E-state index in [1.807, 2.05) is 43.3 Å². The van der Waals surface area contributed by atoms with E-state index in [4.69, 9.17) is 21.1 Å². The van der Waals surface area contributed by atoms with Gasteiger partial charge < -0.3 is 14.8 Å². The Morgan fingerprint density at radius 1 is 1.16 bits per heavy atom. The zero-order chi connectivity index (χ0) is 18.2. The van der Waals surface area contributed by atoms with Crippen LogP contribution >= 0.6 is 11.6 Å². The largest absolute Gasteiger partial charge is 0.492 e. The normalized spacial score (nSPS) is 10.6. The number of benzene rings is 2. The molecule has 2 aromatic carbocycles. The van der Waals surface area contributed by atoms with Crippen LogP contribution in [-0.2, 0) is 4.79 Å². The Kier molecular flexibility index (Phi) is 7.14. The van der Waals surface area contributed by atoms with E-state index in [2.05, 4.69) is 19.2 Å². The molecule has 0 saturated heterocycles. The number of para-hydroxylation sites is 1. The Balaban J connectivity index is 1.71. The van der Waals surface area contributed by atoms with Crippen molar-refractivity contribution < 1.29 is 14.3 Å². The molecule has 0 aliphatic heterocycles. The summed E-state index contributed by atoms with van der Waals surface area (Å²) in [6, 6.07) is 13.3. The Hall–Kier alpha value is -2.20. The molecule has 0 heterocycles. The monoisotopic (exact) mass is 361 g/mol. The first-order valence-corrected chi connectivity index (χ1v) is 8.72. The lowest BCUT2D eigenvalue weighted by Crippen LogP contribution is -2.32. The van der Waals surface area contributed by atoms with Gasteiger partial charge in [-0.25, -0.2) is 0 Å². The number of aryl methyl sites for hydroxylation is 1. The number of nitrogens with one attached hydrogen (secondary N) is 1. The summed E-state index contributed by atoms with van der Waals surface area (Å²) in [5.41, 5.74) is 2.09. The van der Waals surface area contributed by atoms with Crippen molar-refractivity contribution >= 4 is 17.5 Å². The van der Waals surface area contributed by atoms with Crippen molar-refractivity contribution in [1.29, 1.82) is 0 Å². The molecule has 134 valence electrons. The van der Waals surface area contributed by atoms with Gasteiger partial charge in [-0.15, -0.1) is 0 Å². The average Bonchev–Trinajstić information content (AvgIpc) is 2.60. The molecule has 25 heavy (non-hydrogen) atoms. The van der Waals surface area contributed by atoms with Crippen LogP contribution in [0.5, 0.6) is 11.5 Å². The second-order valence-electron chi connectivity index (χ2n) is 6.09. The summed E-state index contributed by atoms with van der Waals surface area (Å²) in [4.78, 5) is 11.9. The van der Waals surface area contributed by atoms with E-state index in [0.717, 1.165) is 16.9 Å². The minimum atomic E-state index is -0.177. The number of hydrogen-bond donors (Lipinski definition) is 1. The molecule has 0 unspecified atom stereocenters. The van der Waals surface area contributed by atoms with Crippen LogP contribution < -0.4 is 14.8 Å². The van der Waals surface area contributed by atoms with E-state index in [9.17, 15) is 4.79 Å². The molecule has 0 aliphatic rings. The minimum absolute atomic E-state index is 0.0138. The summed E-state index contributed by atoms with van der Waals surface area (Å²) in [6.45, 7) is 6.88. The predicted octanol–water partition coefficient (Wildman–Crippen LogP) is 4.35. The summed E-state index contributed by atoms with van der Waals surface area (Å²) >= 11 is 6.05. The lowest BCUT2D eigenvalue weighted by Gasteiger charge is -2.14. The fourth-order valence-electron chi connectivity index (χ4n) is 2.31. The lowest BCUT2D eigenvalue weighted by molar-refractivity contribution is -0.123. The first-order chi connectivity index (χ1) is 12.0. The van der Waals surface area contributed by atoms with Crippen molar-refractivity contribution in [2.45, 2.75) is 26.7 Å². The number of carbonyl (C=O) groups excluding carboxylic acids is 1. The molecule has 0 radical (unpaired) electrons. The second kappa shape index (κ2) is 9.33.